The van der Waals surface area contributed by atoms with E-state index in [9.17, 15) is 14.4 Å². The number of aromatic amines is 1. The van der Waals surface area contributed by atoms with Crippen LogP contribution in [-0.4, -0.2) is 58.1 Å². The summed E-state index contributed by atoms with van der Waals surface area (Å²) >= 11 is 0. The molecule has 1 fully saturated rings. The molecule has 1 aliphatic heterocycles. The number of aliphatic hydroxyl groups is 1. The molecule has 0 saturated carbocycles. The Balaban J connectivity index is 2.06. The number of aromatic nitrogens is 2. The van der Waals surface area contributed by atoms with E-state index in [0.29, 0.717) is 13.2 Å². The van der Waals surface area contributed by atoms with Crippen LogP contribution in [0.3, 0.4) is 0 Å². The number of carbonyl (C=O) groups is 1. The number of carbonyl (C=O) groups excluding carboxylic acids is 1. The first-order chi connectivity index (χ1) is 9.10. The number of aliphatic hydroxyl groups excluding tert-OH is 1. The van der Waals surface area contributed by atoms with Crippen LogP contribution in [-0.2, 0) is 16.1 Å². The average Bonchev–Trinajstić information content (AvgIpc) is 2.43. The maximum Gasteiger partial charge on any atom is 0.265 e. The topological polar surface area (TPSA) is 105 Å². The van der Waals surface area contributed by atoms with Crippen LogP contribution in [0.15, 0.2) is 21.7 Å². The van der Waals surface area contributed by atoms with Gasteiger partial charge in [-0.05, 0) is 0 Å². The molecule has 1 unspecified atom stereocenters. The van der Waals surface area contributed by atoms with Crippen LogP contribution in [0.5, 0.6) is 0 Å². The van der Waals surface area contributed by atoms with Gasteiger partial charge in [-0.15, -0.1) is 0 Å². The van der Waals surface area contributed by atoms with Gasteiger partial charge in [-0.1, -0.05) is 0 Å². The second-order valence-electron chi connectivity index (χ2n) is 4.25. The zero-order valence-electron chi connectivity index (χ0n) is 10.2. The highest BCUT2D eigenvalue weighted by Crippen LogP contribution is 2.05. The third-order valence-corrected chi connectivity index (χ3v) is 2.88. The van der Waals surface area contributed by atoms with Gasteiger partial charge in [-0.2, -0.15) is 0 Å². The number of hydrogen-bond donors (Lipinski definition) is 2. The minimum atomic E-state index is -0.445. The Morgan fingerprint density at radius 2 is 2.26 bits per heavy atom. The zero-order chi connectivity index (χ0) is 13.8. The predicted octanol–water partition coefficient (Wildman–Crippen LogP) is -2.24. The summed E-state index contributed by atoms with van der Waals surface area (Å²) in [6.45, 7) is 0.637. The first kappa shape index (κ1) is 13.5. The van der Waals surface area contributed by atoms with E-state index in [1.165, 1.54) is 4.90 Å². The molecule has 1 aliphatic rings. The van der Waals surface area contributed by atoms with Crippen molar-refractivity contribution in [3.05, 3.63) is 32.8 Å². The predicted molar refractivity (Wildman–Crippen MR) is 64.7 cm³/mol. The lowest BCUT2D eigenvalue weighted by Gasteiger charge is -2.32. The second kappa shape index (κ2) is 5.81. The van der Waals surface area contributed by atoms with E-state index in [4.69, 9.17) is 9.84 Å². The van der Waals surface area contributed by atoms with Gasteiger partial charge < -0.3 is 14.7 Å². The van der Waals surface area contributed by atoms with Crippen LogP contribution in [0.1, 0.15) is 0 Å². The maximum atomic E-state index is 12.0. The quantitative estimate of drug-likeness (QED) is 0.645. The molecule has 0 radical (unpaired) electrons. The van der Waals surface area contributed by atoms with Gasteiger partial charge in [0.2, 0.25) is 5.91 Å². The normalized spacial score (nSPS) is 19.4. The first-order valence-electron chi connectivity index (χ1n) is 5.90. The van der Waals surface area contributed by atoms with Crippen molar-refractivity contribution >= 4 is 5.91 Å². The molecular formula is C11H15N3O5. The molecule has 0 bridgehead atoms. The summed E-state index contributed by atoms with van der Waals surface area (Å²) in [5.74, 6) is -0.300. The van der Waals surface area contributed by atoms with Crippen molar-refractivity contribution in [3.63, 3.8) is 0 Å². The Hall–Kier alpha value is -1.93. The van der Waals surface area contributed by atoms with Crippen molar-refractivity contribution in [1.82, 2.24) is 14.7 Å². The Kier molecular flexibility index (Phi) is 4.13. The monoisotopic (exact) mass is 269 g/mol. The number of H-pyrrole nitrogens is 1. The summed E-state index contributed by atoms with van der Waals surface area (Å²) in [5, 5.41) is 11.3. The van der Waals surface area contributed by atoms with Gasteiger partial charge in [0.25, 0.3) is 11.1 Å². The number of rotatable bonds is 3. The van der Waals surface area contributed by atoms with Crippen molar-refractivity contribution in [2.75, 3.05) is 26.3 Å². The van der Waals surface area contributed by atoms with Crippen LogP contribution in [0.25, 0.3) is 0 Å². The molecule has 0 spiro atoms. The number of morpholine rings is 1. The summed E-state index contributed by atoms with van der Waals surface area (Å²) in [7, 11) is 0. The molecule has 19 heavy (non-hydrogen) atoms. The van der Waals surface area contributed by atoms with E-state index >= 15 is 0 Å². The van der Waals surface area contributed by atoms with E-state index in [2.05, 4.69) is 5.10 Å². The Labute approximate surface area is 108 Å². The molecule has 8 heteroatoms. The van der Waals surface area contributed by atoms with Crippen LogP contribution in [0.4, 0.5) is 0 Å². The molecule has 1 saturated heterocycles. The molecule has 1 aromatic heterocycles. The number of amides is 1. The van der Waals surface area contributed by atoms with E-state index in [1.807, 2.05) is 0 Å². The fourth-order valence-corrected chi connectivity index (χ4v) is 1.87. The smallest absolute Gasteiger partial charge is 0.265 e. The highest BCUT2D eigenvalue weighted by atomic mass is 16.5. The molecule has 0 aliphatic carbocycles. The average molecular weight is 269 g/mol. The van der Waals surface area contributed by atoms with Gasteiger partial charge in [0, 0.05) is 25.2 Å². The Morgan fingerprint density at radius 1 is 1.47 bits per heavy atom. The van der Waals surface area contributed by atoms with Gasteiger partial charge in [0.05, 0.1) is 19.3 Å². The second-order valence-corrected chi connectivity index (χ2v) is 4.25. The fraction of sp³-hybridized carbons (Fsp3) is 0.545. The summed E-state index contributed by atoms with van der Waals surface area (Å²) in [4.78, 5) is 36.1. The molecule has 8 nitrogen and oxygen atoms in total. The molecule has 0 aromatic carbocycles. The van der Waals surface area contributed by atoms with Crippen LogP contribution < -0.4 is 11.1 Å². The number of nitrogens with zero attached hydrogens (tertiary/aromatic N) is 2. The van der Waals surface area contributed by atoms with Crippen molar-refractivity contribution in [2.24, 2.45) is 0 Å². The van der Waals surface area contributed by atoms with Crippen molar-refractivity contribution in [1.29, 1.82) is 0 Å². The van der Waals surface area contributed by atoms with Crippen molar-refractivity contribution in [3.8, 4) is 0 Å². The number of hydrogen-bond acceptors (Lipinski definition) is 5. The lowest BCUT2D eigenvalue weighted by Crippen LogP contribution is -2.48. The molecule has 104 valence electrons. The molecule has 2 rings (SSSR count). The summed E-state index contributed by atoms with van der Waals surface area (Å²) in [6, 6.07) is 2.22. The fourth-order valence-electron chi connectivity index (χ4n) is 1.87. The van der Waals surface area contributed by atoms with Crippen molar-refractivity contribution < 1.29 is 14.6 Å². The van der Waals surface area contributed by atoms with Gasteiger partial charge in [-0.3, -0.25) is 19.5 Å². The van der Waals surface area contributed by atoms with Gasteiger partial charge in [0.15, 0.2) is 0 Å². The van der Waals surface area contributed by atoms with E-state index in [-0.39, 0.29) is 25.6 Å². The van der Waals surface area contributed by atoms with E-state index < -0.39 is 17.2 Å². The minimum absolute atomic E-state index is 0.161. The highest BCUT2D eigenvalue weighted by molar-refractivity contribution is 5.76. The zero-order valence-corrected chi connectivity index (χ0v) is 10.2. The van der Waals surface area contributed by atoms with Gasteiger partial charge in [-0.25, -0.2) is 4.68 Å². The number of ether oxygens (including phenoxy) is 1. The maximum absolute atomic E-state index is 12.0. The SMILES string of the molecule is O=C(Cn1[nH]c(=O)ccc1=O)N1CCOC(CO)C1. The standard InChI is InChI=1S/C11H15N3O5/c15-7-8-5-13(3-4-19-8)11(18)6-14-10(17)2-1-9(16)12-14/h1-2,8,15H,3-7H2,(H,12,16). The Bertz CT molecular complexity index is 564. The van der Waals surface area contributed by atoms with Gasteiger partial charge in [0.1, 0.15) is 6.54 Å². The largest absolute Gasteiger partial charge is 0.394 e. The number of nitrogens with one attached hydrogen (secondary N) is 1. The molecule has 2 N–H and O–H groups in total. The van der Waals surface area contributed by atoms with Gasteiger partial charge >= 0.3 is 0 Å². The summed E-state index contributed by atoms with van der Waals surface area (Å²) in [5.41, 5.74) is -0.887. The lowest BCUT2D eigenvalue weighted by atomic mass is 10.3. The lowest BCUT2D eigenvalue weighted by molar-refractivity contribution is -0.141. The molecular weight excluding hydrogens is 254 g/mol. The third-order valence-electron chi connectivity index (χ3n) is 2.88. The Morgan fingerprint density at radius 3 is 3.00 bits per heavy atom. The summed E-state index contributed by atoms with van der Waals surface area (Å²) < 4.78 is 6.20. The molecule has 1 atom stereocenters. The summed E-state index contributed by atoms with van der Waals surface area (Å²) in [6.07, 6.45) is -0.399. The van der Waals surface area contributed by atoms with Crippen LogP contribution >= 0.6 is 0 Å². The minimum Gasteiger partial charge on any atom is -0.394 e. The molecule has 1 amide bonds. The molecule has 2 heterocycles. The van der Waals surface area contributed by atoms with Crippen LogP contribution in [0, 0.1) is 0 Å². The first-order valence-corrected chi connectivity index (χ1v) is 5.90. The van der Waals surface area contributed by atoms with Crippen molar-refractivity contribution in [2.45, 2.75) is 12.6 Å². The van der Waals surface area contributed by atoms with Crippen LogP contribution in [0.2, 0.25) is 0 Å². The van der Waals surface area contributed by atoms with E-state index in [1.54, 1.807) is 0 Å². The van der Waals surface area contributed by atoms with E-state index in [0.717, 1.165) is 16.8 Å². The molecule has 1 aromatic rings. The highest BCUT2D eigenvalue weighted by Gasteiger charge is 2.23. The third kappa shape index (κ3) is 3.30.